The molecule has 6 atom stereocenters. The molecule has 0 unspecified atom stereocenters. The number of hydrogen-bond acceptors (Lipinski definition) is 6. The van der Waals surface area contributed by atoms with E-state index in [2.05, 4.69) is 22.6 Å². The lowest BCUT2D eigenvalue weighted by molar-refractivity contribution is -0.131. The topological polar surface area (TPSA) is 104 Å². The van der Waals surface area contributed by atoms with Crippen LogP contribution in [-0.2, 0) is 19.2 Å². The van der Waals surface area contributed by atoms with Gasteiger partial charge < -0.3 is 9.84 Å². The fourth-order valence-corrected chi connectivity index (χ4v) is 8.56. The van der Waals surface area contributed by atoms with Crippen molar-refractivity contribution in [3.8, 4) is 11.5 Å². The highest BCUT2D eigenvalue weighted by Gasteiger charge is 2.67. The van der Waals surface area contributed by atoms with E-state index in [1.165, 1.54) is 16.9 Å². The Hall–Kier alpha value is -3.70. The first kappa shape index (κ1) is 29.0. The molecule has 0 bridgehead atoms. The van der Waals surface area contributed by atoms with Gasteiger partial charge in [-0.3, -0.25) is 24.1 Å². The molecule has 2 aliphatic heterocycles. The van der Waals surface area contributed by atoms with E-state index in [1.54, 1.807) is 55.5 Å². The molecule has 0 aromatic heterocycles. The number of nitrogens with zero attached hydrogens (tertiary/aromatic N) is 2. The number of carbonyl (C=O) groups excluding carboxylic acids is 4. The molecule has 2 aliphatic carbocycles. The van der Waals surface area contributed by atoms with E-state index < -0.39 is 35.0 Å². The number of phenols is 1. The molecule has 4 aliphatic rings. The van der Waals surface area contributed by atoms with E-state index in [4.69, 9.17) is 16.3 Å². The minimum absolute atomic E-state index is 0.0459. The summed E-state index contributed by atoms with van der Waals surface area (Å²) in [6.07, 6.45) is 2.56. The maximum atomic E-state index is 14.5. The van der Waals surface area contributed by atoms with Crippen molar-refractivity contribution in [3.05, 3.63) is 92.5 Å². The number of rotatable bonds is 4. The first-order chi connectivity index (χ1) is 21.1. The van der Waals surface area contributed by atoms with E-state index in [-0.39, 0.29) is 46.6 Å². The highest BCUT2D eigenvalue weighted by Crippen LogP contribution is 2.64. The number of carbonyl (C=O) groups is 4. The number of methoxy groups -OCH3 is 1. The van der Waals surface area contributed by atoms with Crippen molar-refractivity contribution < 1.29 is 29.0 Å². The molecule has 1 N–H and O–H groups in total. The van der Waals surface area contributed by atoms with Crippen molar-refractivity contribution >= 4 is 69.2 Å². The van der Waals surface area contributed by atoms with Gasteiger partial charge in [0.1, 0.15) is 0 Å². The van der Waals surface area contributed by atoms with Gasteiger partial charge in [0.25, 0.3) is 0 Å². The molecule has 224 valence electrons. The number of amides is 4. The van der Waals surface area contributed by atoms with Crippen molar-refractivity contribution in [3.63, 3.8) is 0 Å². The first-order valence-corrected chi connectivity index (χ1v) is 15.9. The molecule has 3 aromatic rings. The van der Waals surface area contributed by atoms with Crippen molar-refractivity contribution in [2.75, 3.05) is 16.9 Å². The fraction of sp³-hybridized carbons (Fsp3) is 0.294. The number of para-hydroxylation sites is 1. The molecule has 4 amide bonds. The highest BCUT2D eigenvalue weighted by molar-refractivity contribution is 14.1. The quantitative estimate of drug-likeness (QED) is 0.199. The molecule has 3 fully saturated rings. The Morgan fingerprint density at radius 1 is 0.909 bits per heavy atom. The number of halogens is 2. The highest BCUT2D eigenvalue weighted by atomic mass is 127. The molecule has 7 rings (SSSR count). The Morgan fingerprint density at radius 2 is 1.59 bits per heavy atom. The number of ether oxygens (including phenoxy) is 1. The maximum absolute atomic E-state index is 14.5. The third-order valence-corrected chi connectivity index (χ3v) is 11.0. The summed E-state index contributed by atoms with van der Waals surface area (Å²) in [6, 6.07) is 19.3. The normalized spacial score (nSPS) is 29.4. The maximum Gasteiger partial charge on any atom is 0.241 e. The van der Waals surface area contributed by atoms with Gasteiger partial charge in [0.05, 0.1) is 46.7 Å². The van der Waals surface area contributed by atoms with Crippen LogP contribution in [0.2, 0.25) is 5.02 Å². The average Bonchev–Trinajstić information content (AvgIpc) is 3.39. The van der Waals surface area contributed by atoms with Crippen molar-refractivity contribution in [1.82, 2.24) is 0 Å². The first-order valence-electron chi connectivity index (χ1n) is 14.4. The van der Waals surface area contributed by atoms with Crippen LogP contribution in [0.3, 0.4) is 0 Å². The number of imide groups is 2. The summed E-state index contributed by atoms with van der Waals surface area (Å²) < 4.78 is 6.41. The van der Waals surface area contributed by atoms with Crippen LogP contribution in [0.4, 0.5) is 11.4 Å². The monoisotopic (exact) mass is 722 g/mol. The van der Waals surface area contributed by atoms with Gasteiger partial charge in [-0.1, -0.05) is 41.4 Å². The third kappa shape index (κ3) is 4.01. The van der Waals surface area contributed by atoms with Crippen molar-refractivity contribution in [2.24, 2.45) is 29.1 Å². The average molecular weight is 723 g/mol. The Kier molecular flexibility index (Phi) is 6.89. The zero-order chi connectivity index (χ0) is 31.1. The standard InChI is InChI=1S/C34H28ClIN2O6/c1-34-24(31(41)38(33(34)43)19-6-4-3-5-7-19)16-23-21(28(34)17-14-25(35)29(39)26(15-17)44-2)12-13-22-27(23)32(42)37(30(22)40)20-10-8-18(36)9-11-20/h3-12,14-15,22-24,27-28,39H,13,16H2,1-2H3/t22-,23+,24-,27-,28-,34+/m0/s1. The minimum Gasteiger partial charge on any atom is -0.503 e. The second kappa shape index (κ2) is 10.4. The molecule has 0 spiro atoms. The van der Waals surface area contributed by atoms with Gasteiger partial charge in [-0.25, -0.2) is 4.90 Å². The van der Waals surface area contributed by atoms with Crippen LogP contribution in [0, 0.1) is 32.7 Å². The Labute approximate surface area is 272 Å². The molecular weight excluding hydrogens is 695 g/mol. The van der Waals surface area contributed by atoms with E-state index >= 15 is 0 Å². The number of benzene rings is 3. The Bertz CT molecular complexity index is 1780. The minimum atomic E-state index is -1.23. The predicted molar refractivity (Wildman–Crippen MR) is 172 cm³/mol. The second-order valence-corrected chi connectivity index (χ2v) is 13.7. The number of allylic oxidation sites excluding steroid dienone is 2. The van der Waals surface area contributed by atoms with E-state index in [0.29, 0.717) is 23.4 Å². The number of phenolic OH excluding ortho intramolecular Hbond substituents is 1. The largest absolute Gasteiger partial charge is 0.503 e. The van der Waals surface area contributed by atoms with E-state index in [1.807, 2.05) is 24.3 Å². The summed E-state index contributed by atoms with van der Waals surface area (Å²) in [6.45, 7) is 1.81. The zero-order valence-corrected chi connectivity index (χ0v) is 26.8. The fourth-order valence-electron chi connectivity index (χ4n) is 7.98. The summed E-state index contributed by atoms with van der Waals surface area (Å²) in [5, 5.41) is 10.6. The summed E-state index contributed by atoms with van der Waals surface area (Å²) in [5.74, 6) is -4.48. The molecule has 2 saturated heterocycles. The molecule has 44 heavy (non-hydrogen) atoms. The van der Waals surface area contributed by atoms with Gasteiger partial charge in [0.2, 0.25) is 23.6 Å². The van der Waals surface area contributed by atoms with Gasteiger partial charge in [0, 0.05) is 9.49 Å². The van der Waals surface area contributed by atoms with Crippen LogP contribution in [0.1, 0.15) is 31.2 Å². The SMILES string of the molecule is COc1cc([C@H]2C3=CC[C@@H]4C(=O)N(c5ccc(I)cc5)C(=O)[C@@H]4[C@@H]3C[C@H]3C(=O)N(c4ccccc4)C(=O)[C@@]23C)cc(Cl)c1O. The van der Waals surface area contributed by atoms with Crippen LogP contribution in [0.25, 0.3) is 0 Å². The lowest BCUT2D eigenvalue weighted by Crippen LogP contribution is -2.48. The Morgan fingerprint density at radius 3 is 2.27 bits per heavy atom. The van der Waals surface area contributed by atoms with Crippen molar-refractivity contribution in [1.29, 1.82) is 0 Å². The van der Waals surface area contributed by atoms with E-state index in [9.17, 15) is 24.3 Å². The summed E-state index contributed by atoms with van der Waals surface area (Å²) in [5.41, 5.74) is 1.19. The van der Waals surface area contributed by atoms with Gasteiger partial charge >= 0.3 is 0 Å². The van der Waals surface area contributed by atoms with Gasteiger partial charge in [-0.2, -0.15) is 0 Å². The molecule has 1 saturated carbocycles. The van der Waals surface area contributed by atoms with Gasteiger partial charge in [-0.15, -0.1) is 0 Å². The molecule has 3 aromatic carbocycles. The summed E-state index contributed by atoms with van der Waals surface area (Å²) in [4.78, 5) is 59.2. The van der Waals surface area contributed by atoms with Crippen LogP contribution >= 0.6 is 34.2 Å². The summed E-state index contributed by atoms with van der Waals surface area (Å²) in [7, 11) is 1.41. The number of aromatic hydroxyl groups is 1. The second-order valence-electron chi connectivity index (χ2n) is 12.0. The molecular formula is C34H28ClIN2O6. The smallest absolute Gasteiger partial charge is 0.241 e. The summed E-state index contributed by atoms with van der Waals surface area (Å²) >= 11 is 8.66. The van der Waals surface area contributed by atoms with Crippen LogP contribution < -0.4 is 14.5 Å². The van der Waals surface area contributed by atoms with Crippen LogP contribution in [0.5, 0.6) is 11.5 Å². The number of fused-ring (bicyclic) bond motifs is 4. The van der Waals surface area contributed by atoms with Crippen LogP contribution in [0.15, 0.2) is 78.4 Å². The van der Waals surface area contributed by atoms with Crippen molar-refractivity contribution in [2.45, 2.75) is 25.7 Å². The van der Waals surface area contributed by atoms with Gasteiger partial charge in [-0.05, 0) is 102 Å². The predicted octanol–water partition coefficient (Wildman–Crippen LogP) is 6.09. The molecule has 0 radical (unpaired) electrons. The third-order valence-electron chi connectivity index (χ3n) is 9.98. The molecule has 2 heterocycles. The van der Waals surface area contributed by atoms with Gasteiger partial charge in [0.15, 0.2) is 11.5 Å². The van der Waals surface area contributed by atoms with E-state index in [0.717, 1.165) is 9.14 Å². The zero-order valence-electron chi connectivity index (χ0n) is 23.9. The molecule has 10 heteroatoms. The Balaban J connectivity index is 1.39. The lowest BCUT2D eigenvalue weighted by atomic mass is 9.51. The molecule has 8 nitrogen and oxygen atoms in total. The van der Waals surface area contributed by atoms with Crippen LogP contribution in [-0.4, -0.2) is 35.8 Å². The number of anilines is 2. The lowest BCUT2D eigenvalue weighted by Gasteiger charge is -2.49. The number of hydrogen-bond donors (Lipinski definition) is 1.